The molecule has 3 N–H and O–H groups in total. The third-order valence-corrected chi connectivity index (χ3v) is 2.73. The first-order valence-electron chi connectivity index (χ1n) is 5.83. The Balaban J connectivity index is 2.37. The molecule has 0 spiro atoms. The van der Waals surface area contributed by atoms with Gasteiger partial charge in [0.05, 0.1) is 24.9 Å². The number of rotatable bonds is 4. The number of hydrogen-bond donors (Lipinski definition) is 2. The molecule has 2 aromatic heterocycles. The van der Waals surface area contributed by atoms with E-state index in [1.165, 1.54) is 17.7 Å². The summed E-state index contributed by atoms with van der Waals surface area (Å²) in [6, 6.07) is 8.44. The maximum atomic E-state index is 12.2. The third-order valence-electron chi connectivity index (χ3n) is 2.73. The van der Waals surface area contributed by atoms with Crippen LogP contribution in [0.5, 0.6) is 5.88 Å². The summed E-state index contributed by atoms with van der Waals surface area (Å²) < 4.78 is 6.46. The van der Waals surface area contributed by atoms with Crippen LogP contribution in [0, 0.1) is 0 Å². The van der Waals surface area contributed by atoms with Gasteiger partial charge in [0.1, 0.15) is 0 Å². The standard InChI is InChI=1S/C13H14N4O3/c1-20-11-6-2-4-9(15-11)8-17-7-3-5-10(13(17)18)12(14)16-19/h2-7,19H,8H2,1H3,(H2,14,16). The van der Waals surface area contributed by atoms with Gasteiger partial charge < -0.3 is 20.2 Å². The number of nitrogens with zero attached hydrogens (tertiary/aromatic N) is 3. The Kier molecular flexibility index (Phi) is 3.99. The van der Waals surface area contributed by atoms with Crippen LogP contribution in [0.3, 0.4) is 0 Å². The summed E-state index contributed by atoms with van der Waals surface area (Å²) in [5, 5.41) is 11.5. The molecule has 0 saturated heterocycles. The van der Waals surface area contributed by atoms with Gasteiger partial charge in [-0.1, -0.05) is 11.2 Å². The minimum Gasteiger partial charge on any atom is -0.481 e. The van der Waals surface area contributed by atoms with Crippen LogP contribution in [0.2, 0.25) is 0 Å². The zero-order valence-corrected chi connectivity index (χ0v) is 10.9. The van der Waals surface area contributed by atoms with E-state index in [0.717, 1.165) is 0 Å². The highest BCUT2D eigenvalue weighted by Crippen LogP contribution is 2.07. The summed E-state index contributed by atoms with van der Waals surface area (Å²) in [5.74, 6) is 0.256. The summed E-state index contributed by atoms with van der Waals surface area (Å²) in [7, 11) is 1.53. The third kappa shape index (κ3) is 2.77. The average Bonchev–Trinajstić information content (AvgIpc) is 2.49. The van der Waals surface area contributed by atoms with Crippen molar-refractivity contribution < 1.29 is 9.94 Å². The Morgan fingerprint density at radius 3 is 2.95 bits per heavy atom. The molecule has 2 heterocycles. The van der Waals surface area contributed by atoms with Crippen LogP contribution in [-0.2, 0) is 6.54 Å². The SMILES string of the molecule is COc1cccc(Cn2cccc(/C(N)=N/O)c2=O)n1. The molecule has 2 aromatic rings. The maximum absolute atomic E-state index is 12.2. The highest BCUT2D eigenvalue weighted by Gasteiger charge is 2.08. The van der Waals surface area contributed by atoms with Crippen molar-refractivity contribution in [3.8, 4) is 5.88 Å². The largest absolute Gasteiger partial charge is 0.481 e. The molecule has 7 nitrogen and oxygen atoms in total. The second-order valence-electron chi connectivity index (χ2n) is 4.01. The van der Waals surface area contributed by atoms with Crippen molar-refractivity contribution in [2.75, 3.05) is 7.11 Å². The van der Waals surface area contributed by atoms with E-state index < -0.39 is 0 Å². The van der Waals surface area contributed by atoms with Crippen LogP contribution < -0.4 is 16.0 Å². The molecule has 0 fully saturated rings. The molecule has 0 aliphatic carbocycles. The number of methoxy groups -OCH3 is 1. The van der Waals surface area contributed by atoms with E-state index in [-0.39, 0.29) is 23.5 Å². The van der Waals surface area contributed by atoms with Crippen LogP contribution in [0.1, 0.15) is 11.3 Å². The number of nitrogens with two attached hydrogens (primary N) is 1. The van der Waals surface area contributed by atoms with Crippen molar-refractivity contribution in [3.63, 3.8) is 0 Å². The van der Waals surface area contributed by atoms with E-state index in [1.54, 1.807) is 30.5 Å². The van der Waals surface area contributed by atoms with Crippen LogP contribution in [0.25, 0.3) is 0 Å². The Morgan fingerprint density at radius 2 is 2.25 bits per heavy atom. The van der Waals surface area contributed by atoms with Crippen molar-refractivity contribution in [1.82, 2.24) is 9.55 Å². The van der Waals surface area contributed by atoms with Crippen molar-refractivity contribution >= 4 is 5.84 Å². The monoisotopic (exact) mass is 274 g/mol. The van der Waals surface area contributed by atoms with Gasteiger partial charge in [0.25, 0.3) is 5.56 Å². The average molecular weight is 274 g/mol. The molecule has 104 valence electrons. The maximum Gasteiger partial charge on any atom is 0.262 e. The lowest BCUT2D eigenvalue weighted by atomic mass is 10.2. The number of pyridine rings is 2. The van der Waals surface area contributed by atoms with Gasteiger partial charge in [0, 0.05) is 12.3 Å². The molecular weight excluding hydrogens is 260 g/mol. The molecule has 2 rings (SSSR count). The van der Waals surface area contributed by atoms with Crippen molar-refractivity contribution in [1.29, 1.82) is 0 Å². The molecule has 0 atom stereocenters. The quantitative estimate of drug-likeness (QED) is 0.363. The number of aromatic nitrogens is 2. The molecule has 0 unspecified atom stereocenters. The van der Waals surface area contributed by atoms with Crippen molar-refractivity contribution in [3.05, 3.63) is 58.1 Å². The van der Waals surface area contributed by atoms with Crippen molar-refractivity contribution in [2.24, 2.45) is 10.9 Å². The fourth-order valence-electron chi connectivity index (χ4n) is 1.74. The molecule has 0 saturated carbocycles. The van der Waals surface area contributed by atoms with E-state index in [0.29, 0.717) is 11.6 Å². The Morgan fingerprint density at radius 1 is 1.45 bits per heavy atom. The highest BCUT2D eigenvalue weighted by atomic mass is 16.5. The molecule has 0 aliphatic rings. The van der Waals surface area contributed by atoms with E-state index in [2.05, 4.69) is 10.1 Å². The summed E-state index contributed by atoms with van der Waals surface area (Å²) in [5.41, 5.74) is 5.91. The number of amidine groups is 1. The predicted molar refractivity (Wildman–Crippen MR) is 73.1 cm³/mol. The summed E-state index contributed by atoms with van der Waals surface area (Å²) in [4.78, 5) is 16.4. The second-order valence-corrected chi connectivity index (χ2v) is 4.01. The normalized spacial score (nSPS) is 11.3. The van der Waals surface area contributed by atoms with Crippen molar-refractivity contribution in [2.45, 2.75) is 6.54 Å². The molecule has 0 bridgehead atoms. The predicted octanol–water partition coefficient (Wildman–Crippen LogP) is 0.395. The fourth-order valence-corrected chi connectivity index (χ4v) is 1.74. The smallest absolute Gasteiger partial charge is 0.262 e. The first-order chi connectivity index (χ1) is 9.65. The lowest BCUT2D eigenvalue weighted by Gasteiger charge is -2.08. The molecule has 0 radical (unpaired) electrons. The van der Waals surface area contributed by atoms with Crippen LogP contribution in [0.15, 0.2) is 46.5 Å². The highest BCUT2D eigenvalue weighted by molar-refractivity contribution is 5.96. The van der Waals surface area contributed by atoms with Crippen LogP contribution in [-0.4, -0.2) is 27.7 Å². The lowest BCUT2D eigenvalue weighted by molar-refractivity contribution is 0.318. The van der Waals surface area contributed by atoms with E-state index in [1.807, 2.05) is 0 Å². The summed E-state index contributed by atoms with van der Waals surface area (Å²) in [6.45, 7) is 0.266. The summed E-state index contributed by atoms with van der Waals surface area (Å²) >= 11 is 0. The fraction of sp³-hybridized carbons (Fsp3) is 0.154. The molecule has 0 aliphatic heterocycles. The van der Waals surface area contributed by atoms with Gasteiger partial charge in [0.15, 0.2) is 5.84 Å². The first-order valence-corrected chi connectivity index (χ1v) is 5.83. The number of oxime groups is 1. The zero-order valence-electron chi connectivity index (χ0n) is 10.9. The van der Waals surface area contributed by atoms with E-state index in [9.17, 15) is 4.79 Å². The van der Waals surface area contributed by atoms with Crippen LogP contribution >= 0.6 is 0 Å². The van der Waals surface area contributed by atoms with Gasteiger partial charge in [-0.15, -0.1) is 0 Å². The first kappa shape index (κ1) is 13.6. The Labute approximate surface area is 114 Å². The number of ether oxygens (including phenoxy) is 1. The van der Waals surface area contributed by atoms with Gasteiger partial charge in [0.2, 0.25) is 5.88 Å². The summed E-state index contributed by atoms with van der Waals surface area (Å²) in [6.07, 6.45) is 1.61. The molecular formula is C13H14N4O3. The second kappa shape index (κ2) is 5.87. The molecule has 0 amide bonds. The number of hydrogen-bond acceptors (Lipinski definition) is 5. The molecule has 20 heavy (non-hydrogen) atoms. The van der Waals surface area contributed by atoms with E-state index in [4.69, 9.17) is 15.7 Å². The van der Waals surface area contributed by atoms with Crippen LogP contribution in [0.4, 0.5) is 0 Å². The van der Waals surface area contributed by atoms with Gasteiger partial charge >= 0.3 is 0 Å². The Hall–Kier alpha value is -2.83. The van der Waals surface area contributed by atoms with Gasteiger partial charge in [-0.2, -0.15) is 0 Å². The minimum atomic E-state index is -0.354. The van der Waals surface area contributed by atoms with Gasteiger partial charge in [-0.3, -0.25) is 4.79 Å². The lowest BCUT2D eigenvalue weighted by Crippen LogP contribution is -2.30. The molecule has 7 heteroatoms. The zero-order chi connectivity index (χ0) is 14.5. The Bertz CT molecular complexity index is 694. The molecule has 0 aromatic carbocycles. The van der Waals surface area contributed by atoms with E-state index >= 15 is 0 Å². The minimum absolute atomic E-state index is 0.137. The van der Waals surface area contributed by atoms with Gasteiger partial charge in [-0.05, 0) is 18.2 Å². The van der Waals surface area contributed by atoms with Gasteiger partial charge in [-0.25, -0.2) is 4.98 Å². The topological polar surface area (TPSA) is 103 Å².